The summed E-state index contributed by atoms with van der Waals surface area (Å²) in [4.78, 5) is 5.23. The number of hydrogen-bond donors (Lipinski definition) is 0. The van der Waals surface area contributed by atoms with E-state index in [1.807, 2.05) is 0 Å². The highest BCUT2D eigenvalue weighted by molar-refractivity contribution is 7.12. The van der Waals surface area contributed by atoms with Crippen LogP contribution in [0.15, 0.2) is 6.20 Å². The topological polar surface area (TPSA) is 36.7 Å². The number of hydrogen-bond acceptors (Lipinski definition) is 3. The summed E-state index contributed by atoms with van der Waals surface area (Å²) in [6, 6.07) is 2.21. The monoisotopic (exact) mass is 258 g/mol. The third-order valence-corrected chi connectivity index (χ3v) is 6.26. The van der Waals surface area contributed by atoms with Crippen molar-refractivity contribution in [3.8, 4) is 6.07 Å². The standard InChI is InChI=1S/C15H18N2S/c16-8-13-9-17-14(18-13)7-15-4-10-1-11(5-15)3-12(2-10)6-15/h9-12H,1-7H2. The molecule has 0 N–H and O–H groups in total. The smallest absolute Gasteiger partial charge is 0.124 e. The Kier molecular flexibility index (Phi) is 2.32. The lowest BCUT2D eigenvalue weighted by Crippen LogP contribution is -2.47. The van der Waals surface area contributed by atoms with Crippen LogP contribution in [0, 0.1) is 34.5 Å². The van der Waals surface area contributed by atoms with Crippen LogP contribution in [-0.2, 0) is 6.42 Å². The van der Waals surface area contributed by atoms with Crippen molar-refractivity contribution in [3.05, 3.63) is 16.1 Å². The fourth-order valence-electron chi connectivity index (χ4n) is 5.27. The Balaban J connectivity index is 1.59. The molecule has 0 unspecified atom stereocenters. The van der Waals surface area contributed by atoms with E-state index in [1.165, 1.54) is 43.5 Å². The normalized spacial score (nSPS) is 40.9. The SMILES string of the molecule is N#Cc1cnc(CC23CC4CC(CC(C4)C2)C3)s1. The van der Waals surface area contributed by atoms with Crippen molar-refractivity contribution in [1.29, 1.82) is 5.26 Å². The van der Waals surface area contributed by atoms with Gasteiger partial charge in [0.15, 0.2) is 0 Å². The molecule has 1 aromatic heterocycles. The van der Waals surface area contributed by atoms with Crippen molar-refractivity contribution in [3.63, 3.8) is 0 Å². The van der Waals surface area contributed by atoms with Crippen LogP contribution < -0.4 is 0 Å². The Hall–Kier alpha value is -0.880. The van der Waals surface area contributed by atoms with Crippen LogP contribution in [0.5, 0.6) is 0 Å². The van der Waals surface area contributed by atoms with Gasteiger partial charge >= 0.3 is 0 Å². The summed E-state index contributed by atoms with van der Waals surface area (Å²) < 4.78 is 0. The lowest BCUT2D eigenvalue weighted by atomic mass is 9.49. The summed E-state index contributed by atoms with van der Waals surface area (Å²) in [6.07, 6.45) is 11.7. The molecule has 1 aromatic rings. The second-order valence-corrected chi connectivity index (χ2v) is 7.94. The highest BCUT2D eigenvalue weighted by Gasteiger charge is 2.50. The number of thiazole rings is 1. The molecule has 0 aromatic carbocycles. The number of aromatic nitrogens is 1. The lowest BCUT2D eigenvalue weighted by Gasteiger charge is -2.56. The molecule has 3 heteroatoms. The predicted octanol–water partition coefficient (Wildman–Crippen LogP) is 3.77. The first kappa shape index (κ1) is 11.0. The minimum absolute atomic E-state index is 0.555. The molecule has 4 aliphatic rings. The van der Waals surface area contributed by atoms with Crippen LogP contribution in [0.3, 0.4) is 0 Å². The van der Waals surface area contributed by atoms with E-state index in [4.69, 9.17) is 5.26 Å². The van der Waals surface area contributed by atoms with Crippen molar-refractivity contribution in [2.45, 2.75) is 44.9 Å². The summed E-state index contributed by atoms with van der Waals surface area (Å²) in [6.45, 7) is 0. The molecule has 0 radical (unpaired) electrons. The molecule has 18 heavy (non-hydrogen) atoms. The molecular weight excluding hydrogens is 240 g/mol. The van der Waals surface area contributed by atoms with Gasteiger partial charge in [-0.05, 0) is 61.7 Å². The summed E-state index contributed by atoms with van der Waals surface area (Å²) >= 11 is 1.61. The first-order valence-electron chi connectivity index (χ1n) is 7.09. The van der Waals surface area contributed by atoms with Gasteiger partial charge in [-0.25, -0.2) is 4.98 Å². The molecule has 94 valence electrons. The molecule has 0 saturated heterocycles. The predicted molar refractivity (Wildman–Crippen MR) is 71.1 cm³/mol. The van der Waals surface area contributed by atoms with Gasteiger partial charge < -0.3 is 0 Å². The molecule has 4 saturated carbocycles. The number of nitriles is 1. The quantitative estimate of drug-likeness (QED) is 0.809. The summed E-state index contributed by atoms with van der Waals surface area (Å²) in [5.41, 5.74) is 0.555. The Labute approximate surface area is 112 Å². The van der Waals surface area contributed by atoms with E-state index < -0.39 is 0 Å². The van der Waals surface area contributed by atoms with E-state index in [-0.39, 0.29) is 0 Å². The summed E-state index contributed by atoms with van der Waals surface area (Å²) in [5.74, 6) is 3.02. The Morgan fingerprint density at radius 3 is 2.33 bits per heavy atom. The molecule has 0 spiro atoms. The summed E-state index contributed by atoms with van der Waals surface area (Å²) in [7, 11) is 0. The van der Waals surface area contributed by atoms with E-state index in [2.05, 4.69) is 11.1 Å². The highest BCUT2D eigenvalue weighted by atomic mass is 32.1. The lowest BCUT2D eigenvalue weighted by molar-refractivity contribution is -0.0521. The average Bonchev–Trinajstić information content (AvgIpc) is 2.74. The van der Waals surface area contributed by atoms with Gasteiger partial charge in [0.05, 0.1) is 11.2 Å². The van der Waals surface area contributed by atoms with Crippen molar-refractivity contribution in [1.82, 2.24) is 4.98 Å². The second kappa shape index (κ2) is 3.81. The van der Waals surface area contributed by atoms with Crippen molar-refractivity contribution >= 4 is 11.3 Å². The Morgan fingerprint density at radius 1 is 1.22 bits per heavy atom. The second-order valence-electron chi connectivity index (χ2n) is 6.82. The van der Waals surface area contributed by atoms with Crippen LogP contribution in [0.25, 0.3) is 0 Å². The van der Waals surface area contributed by atoms with Crippen LogP contribution in [0.1, 0.15) is 48.4 Å². The van der Waals surface area contributed by atoms with Crippen LogP contribution in [-0.4, -0.2) is 4.98 Å². The minimum Gasteiger partial charge on any atom is -0.248 e. The molecule has 0 atom stereocenters. The third kappa shape index (κ3) is 1.70. The van der Waals surface area contributed by atoms with Crippen molar-refractivity contribution < 1.29 is 0 Å². The average molecular weight is 258 g/mol. The fraction of sp³-hybridized carbons (Fsp3) is 0.733. The van der Waals surface area contributed by atoms with Crippen LogP contribution >= 0.6 is 11.3 Å². The molecular formula is C15H18N2S. The fourth-order valence-corrected chi connectivity index (χ4v) is 6.16. The molecule has 2 nitrogen and oxygen atoms in total. The van der Waals surface area contributed by atoms with E-state index >= 15 is 0 Å². The third-order valence-electron chi connectivity index (χ3n) is 5.36. The molecule has 1 heterocycles. The van der Waals surface area contributed by atoms with Gasteiger partial charge in [-0.1, -0.05) is 0 Å². The van der Waals surface area contributed by atoms with Gasteiger partial charge in [0.25, 0.3) is 0 Å². The molecule has 4 fully saturated rings. The minimum atomic E-state index is 0.555. The van der Waals surface area contributed by atoms with E-state index in [0.717, 1.165) is 29.1 Å². The zero-order valence-electron chi connectivity index (χ0n) is 10.6. The summed E-state index contributed by atoms with van der Waals surface area (Å²) in [5, 5.41) is 10.1. The van der Waals surface area contributed by atoms with Gasteiger partial charge in [0.2, 0.25) is 0 Å². The van der Waals surface area contributed by atoms with E-state index in [0.29, 0.717) is 5.41 Å². The maximum atomic E-state index is 8.90. The van der Waals surface area contributed by atoms with Crippen LogP contribution in [0.2, 0.25) is 0 Å². The van der Waals surface area contributed by atoms with Crippen molar-refractivity contribution in [2.24, 2.45) is 23.2 Å². The van der Waals surface area contributed by atoms with E-state index in [1.54, 1.807) is 17.5 Å². The zero-order valence-corrected chi connectivity index (χ0v) is 11.4. The number of nitrogens with zero attached hydrogens (tertiary/aromatic N) is 2. The zero-order chi connectivity index (χ0) is 12.2. The van der Waals surface area contributed by atoms with Gasteiger partial charge in [0.1, 0.15) is 10.9 Å². The van der Waals surface area contributed by atoms with Gasteiger partial charge in [-0.2, -0.15) is 5.26 Å². The first-order valence-corrected chi connectivity index (χ1v) is 7.91. The van der Waals surface area contributed by atoms with Crippen molar-refractivity contribution in [2.75, 3.05) is 0 Å². The molecule has 4 bridgehead atoms. The molecule has 0 amide bonds. The van der Waals surface area contributed by atoms with Gasteiger partial charge in [0, 0.05) is 6.42 Å². The van der Waals surface area contributed by atoms with E-state index in [9.17, 15) is 0 Å². The molecule has 4 aliphatic carbocycles. The highest BCUT2D eigenvalue weighted by Crippen LogP contribution is 2.61. The maximum Gasteiger partial charge on any atom is 0.124 e. The Morgan fingerprint density at radius 2 is 1.83 bits per heavy atom. The molecule has 0 aliphatic heterocycles. The van der Waals surface area contributed by atoms with Crippen LogP contribution in [0.4, 0.5) is 0 Å². The molecule has 5 rings (SSSR count). The first-order chi connectivity index (χ1) is 8.75. The Bertz CT molecular complexity index is 476. The largest absolute Gasteiger partial charge is 0.248 e. The maximum absolute atomic E-state index is 8.90. The van der Waals surface area contributed by atoms with Gasteiger partial charge in [-0.3, -0.25) is 0 Å². The van der Waals surface area contributed by atoms with Gasteiger partial charge in [-0.15, -0.1) is 11.3 Å². The number of rotatable bonds is 2.